The standard InChI is InChI=1S/C23H32N4O3/c1-30-14-13-27(16-17-7-6-12-26-11-5-4-10-21(17)26)22(28)15-20-18-8-2-3-9-19(18)23(29)25-24-20/h2-3,8-9,17,21H,4-7,10-16H2,1H3,(H,25,29)/t17-,21+/m1/s1. The third kappa shape index (κ3) is 4.57. The summed E-state index contributed by atoms with van der Waals surface area (Å²) in [6.07, 6.45) is 6.39. The van der Waals surface area contributed by atoms with Crippen molar-refractivity contribution in [3.05, 3.63) is 40.3 Å². The molecule has 7 heteroatoms. The monoisotopic (exact) mass is 412 g/mol. The van der Waals surface area contributed by atoms with Crippen LogP contribution in [-0.2, 0) is 16.0 Å². The molecule has 2 aromatic rings. The summed E-state index contributed by atoms with van der Waals surface area (Å²) in [5.74, 6) is 0.560. The third-order valence-electron chi connectivity index (χ3n) is 6.70. The van der Waals surface area contributed by atoms with Crippen molar-refractivity contribution in [3.8, 4) is 0 Å². The van der Waals surface area contributed by atoms with Crippen molar-refractivity contribution in [1.82, 2.24) is 20.0 Å². The van der Waals surface area contributed by atoms with Crippen LogP contribution in [0.3, 0.4) is 0 Å². The number of amides is 1. The smallest absolute Gasteiger partial charge is 0.272 e. The van der Waals surface area contributed by atoms with Crippen molar-refractivity contribution in [2.75, 3.05) is 39.9 Å². The maximum atomic E-state index is 13.3. The molecular formula is C23H32N4O3. The molecule has 0 bridgehead atoms. The van der Waals surface area contributed by atoms with Crippen LogP contribution in [0.5, 0.6) is 0 Å². The van der Waals surface area contributed by atoms with Crippen molar-refractivity contribution in [2.45, 2.75) is 44.6 Å². The van der Waals surface area contributed by atoms with Crippen molar-refractivity contribution >= 4 is 16.7 Å². The molecule has 0 unspecified atom stereocenters. The Morgan fingerprint density at radius 3 is 2.83 bits per heavy atom. The zero-order valence-corrected chi connectivity index (χ0v) is 17.8. The summed E-state index contributed by atoms with van der Waals surface area (Å²) in [6.45, 7) is 4.26. The van der Waals surface area contributed by atoms with Gasteiger partial charge in [0.1, 0.15) is 0 Å². The van der Waals surface area contributed by atoms with Crippen LogP contribution in [0.4, 0.5) is 0 Å². The Balaban J connectivity index is 1.51. The van der Waals surface area contributed by atoms with Gasteiger partial charge in [-0.15, -0.1) is 0 Å². The number of ether oxygens (including phenoxy) is 1. The van der Waals surface area contributed by atoms with Gasteiger partial charge >= 0.3 is 0 Å². The van der Waals surface area contributed by atoms with Crippen molar-refractivity contribution in [3.63, 3.8) is 0 Å². The summed E-state index contributed by atoms with van der Waals surface area (Å²) < 4.78 is 5.29. The number of methoxy groups -OCH3 is 1. The van der Waals surface area contributed by atoms with Crippen LogP contribution in [0.25, 0.3) is 10.8 Å². The van der Waals surface area contributed by atoms with E-state index in [1.54, 1.807) is 13.2 Å². The molecule has 162 valence electrons. The second kappa shape index (κ2) is 9.71. The van der Waals surface area contributed by atoms with E-state index in [1.807, 2.05) is 23.1 Å². The predicted molar refractivity (Wildman–Crippen MR) is 116 cm³/mol. The minimum atomic E-state index is -0.224. The van der Waals surface area contributed by atoms with Crippen molar-refractivity contribution in [2.24, 2.45) is 5.92 Å². The van der Waals surface area contributed by atoms with E-state index in [0.717, 1.165) is 11.9 Å². The first kappa shape index (κ1) is 21.0. The molecule has 2 saturated heterocycles. The van der Waals surface area contributed by atoms with E-state index in [0.29, 0.717) is 36.2 Å². The molecule has 1 aromatic heterocycles. The van der Waals surface area contributed by atoms with Gasteiger partial charge in [0.2, 0.25) is 5.91 Å². The van der Waals surface area contributed by atoms with Crippen LogP contribution in [-0.4, -0.2) is 71.8 Å². The molecule has 2 aliphatic rings. The molecule has 2 fully saturated rings. The number of nitrogens with one attached hydrogen (secondary N) is 1. The van der Waals surface area contributed by atoms with Crippen LogP contribution in [0.1, 0.15) is 37.8 Å². The van der Waals surface area contributed by atoms with Crippen molar-refractivity contribution in [1.29, 1.82) is 0 Å². The Kier molecular flexibility index (Phi) is 6.79. The normalized spacial score (nSPS) is 22.0. The first-order valence-electron chi connectivity index (χ1n) is 11.1. The van der Waals surface area contributed by atoms with Crippen LogP contribution < -0.4 is 5.56 Å². The number of nitrogens with zero attached hydrogens (tertiary/aromatic N) is 3. The maximum Gasteiger partial charge on any atom is 0.272 e. The first-order valence-corrected chi connectivity index (χ1v) is 11.1. The summed E-state index contributed by atoms with van der Waals surface area (Å²) in [5.41, 5.74) is 0.401. The second-order valence-electron chi connectivity index (χ2n) is 8.56. The lowest BCUT2D eigenvalue weighted by Gasteiger charge is -2.45. The number of aromatic amines is 1. The second-order valence-corrected chi connectivity index (χ2v) is 8.56. The lowest BCUT2D eigenvalue weighted by Crippen LogP contribution is -2.52. The number of hydrogen-bond donors (Lipinski definition) is 1. The Morgan fingerprint density at radius 2 is 2.00 bits per heavy atom. The highest BCUT2D eigenvalue weighted by Crippen LogP contribution is 2.31. The predicted octanol–water partition coefficient (Wildman–Crippen LogP) is 2.21. The summed E-state index contributed by atoms with van der Waals surface area (Å²) in [6, 6.07) is 7.93. The molecule has 2 atom stereocenters. The molecule has 1 N–H and O–H groups in total. The average molecular weight is 413 g/mol. The number of piperidine rings is 2. The van der Waals surface area contributed by atoms with Gasteiger partial charge in [0.15, 0.2) is 0 Å². The molecular weight excluding hydrogens is 380 g/mol. The lowest BCUT2D eigenvalue weighted by molar-refractivity contribution is -0.132. The van der Waals surface area contributed by atoms with E-state index < -0.39 is 0 Å². The van der Waals surface area contributed by atoms with Gasteiger partial charge < -0.3 is 14.5 Å². The van der Waals surface area contributed by atoms with Gasteiger partial charge in [-0.05, 0) is 50.8 Å². The molecule has 0 saturated carbocycles. The quantitative estimate of drug-likeness (QED) is 0.754. The van der Waals surface area contributed by atoms with Gasteiger partial charge in [-0.1, -0.05) is 24.6 Å². The zero-order valence-electron chi connectivity index (χ0n) is 17.8. The van der Waals surface area contributed by atoms with Crippen LogP contribution in [0.2, 0.25) is 0 Å². The molecule has 2 aliphatic heterocycles. The molecule has 30 heavy (non-hydrogen) atoms. The highest BCUT2D eigenvalue weighted by atomic mass is 16.5. The number of carbonyl (C=O) groups excluding carboxylic acids is 1. The van der Waals surface area contributed by atoms with E-state index in [1.165, 1.54) is 45.2 Å². The average Bonchev–Trinajstić information content (AvgIpc) is 2.78. The fraction of sp³-hybridized carbons (Fsp3) is 0.609. The number of hydrogen-bond acceptors (Lipinski definition) is 5. The van der Waals surface area contributed by atoms with Gasteiger partial charge in [0.05, 0.1) is 24.1 Å². The Morgan fingerprint density at radius 1 is 1.20 bits per heavy atom. The van der Waals surface area contributed by atoms with Gasteiger partial charge in [-0.2, -0.15) is 5.10 Å². The number of fused-ring (bicyclic) bond motifs is 2. The number of benzene rings is 1. The van der Waals surface area contributed by atoms with Gasteiger partial charge in [0.25, 0.3) is 5.56 Å². The highest BCUT2D eigenvalue weighted by Gasteiger charge is 2.34. The number of carbonyl (C=O) groups is 1. The molecule has 0 spiro atoms. The van der Waals surface area contributed by atoms with E-state index in [2.05, 4.69) is 15.1 Å². The van der Waals surface area contributed by atoms with Gasteiger partial charge in [0, 0.05) is 31.6 Å². The Hall–Kier alpha value is -2.25. The fourth-order valence-electron chi connectivity index (χ4n) is 5.15. The SMILES string of the molecule is COCCN(C[C@H]1CCCN2CCCC[C@@H]12)C(=O)Cc1n[nH]c(=O)c2ccccc12. The molecule has 3 heterocycles. The number of H-pyrrole nitrogens is 1. The molecule has 7 nitrogen and oxygen atoms in total. The summed E-state index contributed by atoms with van der Waals surface area (Å²) in [7, 11) is 1.67. The molecule has 0 radical (unpaired) electrons. The summed E-state index contributed by atoms with van der Waals surface area (Å²) in [5, 5.41) is 8.06. The maximum absolute atomic E-state index is 13.3. The van der Waals surface area contributed by atoms with E-state index in [-0.39, 0.29) is 17.9 Å². The summed E-state index contributed by atoms with van der Waals surface area (Å²) >= 11 is 0. The topological polar surface area (TPSA) is 78.5 Å². The number of rotatable bonds is 7. The largest absolute Gasteiger partial charge is 0.383 e. The molecule has 0 aliphatic carbocycles. The molecule has 1 aromatic carbocycles. The molecule has 1 amide bonds. The van der Waals surface area contributed by atoms with Gasteiger partial charge in [-0.25, -0.2) is 5.10 Å². The lowest BCUT2D eigenvalue weighted by atomic mass is 9.83. The van der Waals surface area contributed by atoms with Crippen LogP contribution >= 0.6 is 0 Å². The minimum absolute atomic E-state index is 0.0460. The molecule has 4 rings (SSSR count). The number of aromatic nitrogens is 2. The van der Waals surface area contributed by atoms with Crippen molar-refractivity contribution < 1.29 is 9.53 Å². The minimum Gasteiger partial charge on any atom is -0.383 e. The van der Waals surface area contributed by atoms with Crippen LogP contribution in [0, 0.1) is 5.92 Å². The highest BCUT2D eigenvalue weighted by molar-refractivity contribution is 5.88. The zero-order chi connectivity index (χ0) is 20.9. The van der Waals surface area contributed by atoms with Crippen LogP contribution in [0.15, 0.2) is 29.1 Å². The van der Waals surface area contributed by atoms with E-state index in [4.69, 9.17) is 4.74 Å². The fourth-order valence-corrected chi connectivity index (χ4v) is 5.15. The third-order valence-corrected chi connectivity index (χ3v) is 6.70. The van der Waals surface area contributed by atoms with E-state index >= 15 is 0 Å². The summed E-state index contributed by atoms with van der Waals surface area (Å²) in [4.78, 5) is 29.9. The Labute approximate surface area is 177 Å². The van der Waals surface area contributed by atoms with E-state index in [9.17, 15) is 9.59 Å². The van der Waals surface area contributed by atoms with Gasteiger partial charge in [-0.3, -0.25) is 9.59 Å². The first-order chi connectivity index (χ1) is 14.7. The Bertz CT molecular complexity index is 926.